The van der Waals surface area contributed by atoms with E-state index >= 15 is 0 Å². The van der Waals surface area contributed by atoms with Crippen LogP contribution in [-0.4, -0.2) is 31.1 Å². The van der Waals surface area contributed by atoms with Crippen molar-refractivity contribution in [2.75, 3.05) is 18.5 Å². The van der Waals surface area contributed by atoms with Crippen molar-refractivity contribution in [3.8, 4) is 0 Å². The predicted octanol–water partition coefficient (Wildman–Crippen LogP) is 4.15. The number of carbonyl (C=O) groups excluding carboxylic acids is 2. The Balaban J connectivity index is 1.59. The minimum Gasteiger partial charge on any atom is -0.376 e. The average Bonchev–Trinajstić information content (AvgIpc) is 3.12. The number of carbonyl (C=O) groups is 2. The molecule has 0 spiro atoms. The minimum absolute atomic E-state index is 0.0912. The molecule has 1 aliphatic heterocycles. The van der Waals surface area contributed by atoms with Crippen molar-refractivity contribution in [1.82, 2.24) is 5.32 Å². The Morgan fingerprint density at radius 3 is 2.19 bits per heavy atom. The van der Waals surface area contributed by atoms with E-state index in [4.69, 9.17) is 27.9 Å². The first-order valence-corrected chi connectivity index (χ1v) is 9.04. The standard InChI is InChI=1S/C19H18Cl2N2O3/c20-14-8-15(21)10-16(9-14)23-19(25)13-5-3-12(4-6-13)18(24)22-11-17-2-1-7-26-17/h3-6,8-10,17H,1-2,7,11H2,(H,22,24)(H,23,25). The topological polar surface area (TPSA) is 67.4 Å². The highest BCUT2D eigenvalue weighted by molar-refractivity contribution is 6.35. The zero-order chi connectivity index (χ0) is 18.5. The van der Waals surface area contributed by atoms with E-state index in [1.807, 2.05) is 0 Å². The number of benzene rings is 2. The van der Waals surface area contributed by atoms with E-state index in [9.17, 15) is 9.59 Å². The first kappa shape index (κ1) is 18.7. The molecule has 2 N–H and O–H groups in total. The lowest BCUT2D eigenvalue weighted by Crippen LogP contribution is -2.31. The van der Waals surface area contributed by atoms with Crippen molar-refractivity contribution in [2.24, 2.45) is 0 Å². The first-order chi connectivity index (χ1) is 12.5. The minimum atomic E-state index is -0.311. The van der Waals surface area contributed by atoms with Crippen molar-refractivity contribution in [3.63, 3.8) is 0 Å². The molecule has 2 aromatic carbocycles. The highest BCUT2D eigenvalue weighted by Gasteiger charge is 2.17. The number of anilines is 1. The number of rotatable bonds is 5. The second kappa shape index (κ2) is 8.54. The molecular weight excluding hydrogens is 375 g/mol. The summed E-state index contributed by atoms with van der Waals surface area (Å²) in [7, 11) is 0. The summed E-state index contributed by atoms with van der Waals surface area (Å²) in [4.78, 5) is 24.5. The highest BCUT2D eigenvalue weighted by Crippen LogP contribution is 2.23. The van der Waals surface area contributed by atoms with E-state index in [-0.39, 0.29) is 17.9 Å². The van der Waals surface area contributed by atoms with Crippen LogP contribution in [0.3, 0.4) is 0 Å². The van der Waals surface area contributed by atoms with E-state index in [0.29, 0.717) is 33.4 Å². The highest BCUT2D eigenvalue weighted by atomic mass is 35.5. The molecule has 5 nitrogen and oxygen atoms in total. The van der Waals surface area contributed by atoms with Crippen LogP contribution in [0, 0.1) is 0 Å². The van der Waals surface area contributed by atoms with Gasteiger partial charge in [-0.15, -0.1) is 0 Å². The summed E-state index contributed by atoms with van der Waals surface area (Å²) >= 11 is 11.8. The van der Waals surface area contributed by atoms with Crippen LogP contribution in [0.5, 0.6) is 0 Å². The molecule has 0 aromatic heterocycles. The van der Waals surface area contributed by atoms with Crippen molar-refractivity contribution in [1.29, 1.82) is 0 Å². The molecule has 26 heavy (non-hydrogen) atoms. The van der Waals surface area contributed by atoms with E-state index < -0.39 is 0 Å². The van der Waals surface area contributed by atoms with Gasteiger partial charge in [-0.2, -0.15) is 0 Å². The molecule has 136 valence electrons. The van der Waals surface area contributed by atoms with Crippen molar-refractivity contribution >= 4 is 40.7 Å². The molecule has 1 saturated heterocycles. The molecule has 1 aliphatic rings. The number of nitrogens with one attached hydrogen (secondary N) is 2. The maximum Gasteiger partial charge on any atom is 0.255 e. The Labute approximate surface area is 161 Å². The van der Waals surface area contributed by atoms with Gasteiger partial charge in [-0.05, 0) is 55.3 Å². The van der Waals surface area contributed by atoms with Gasteiger partial charge in [-0.1, -0.05) is 23.2 Å². The Bertz CT molecular complexity index is 783. The van der Waals surface area contributed by atoms with Gasteiger partial charge in [-0.3, -0.25) is 9.59 Å². The lowest BCUT2D eigenvalue weighted by atomic mass is 10.1. The van der Waals surface area contributed by atoms with Crippen LogP contribution in [0.1, 0.15) is 33.6 Å². The molecule has 0 aliphatic carbocycles. The third-order valence-corrected chi connectivity index (χ3v) is 4.48. The lowest BCUT2D eigenvalue weighted by Gasteiger charge is -2.11. The smallest absolute Gasteiger partial charge is 0.255 e. The van der Waals surface area contributed by atoms with Crippen LogP contribution in [0.4, 0.5) is 5.69 Å². The average molecular weight is 393 g/mol. The molecule has 2 amide bonds. The van der Waals surface area contributed by atoms with Gasteiger partial charge in [-0.25, -0.2) is 0 Å². The zero-order valence-electron chi connectivity index (χ0n) is 13.9. The van der Waals surface area contributed by atoms with Crippen LogP contribution in [0.15, 0.2) is 42.5 Å². The monoisotopic (exact) mass is 392 g/mol. The first-order valence-electron chi connectivity index (χ1n) is 8.28. The third kappa shape index (κ3) is 4.97. The van der Waals surface area contributed by atoms with E-state index in [2.05, 4.69) is 10.6 Å². The second-order valence-electron chi connectivity index (χ2n) is 6.03. The fraction of sp³-hybridized carbons (Fsp3) is 0.263. The Kier molecular flexibility index (Phi) is 6.14. The summed E-state index contributed by atoms with van der Waals surface area (Å²) in [5.41, 5.74) is 1.42. The number of amides is 2. The van der Waals surface area contributed by atoms with Crippen LogP contribution in [0.25, 0.3) is 0 Å². The van der Waals surface area contributed by atoms with Gasteiger partial charge < -0.3 is 15.4 Å². The maximum atomic E-state index is 12.3. The summed E-state index contributed by atoms with van der Waals surface area (Å²) in [6, 6.07) is 11.2. The maximum absolute atomic E-state index is 12.3. The molecular formula is C19H18Cl2N2O3. The van der Waals surface area contributed by atoms with E-state index in [0.717, 1.165) is 19.4 Å². The number of hydrogen-bond acceptors (Lipinski definition) is 3. The van der Waals surface area contributed by atoms with Crippen LogP contribution < -0.4 is 10.6 Å². The van der Waals surface area contributed by atoms with Crippen molar-refractivity contribution < 1.29 is 14.3 Å². The Hall–Kier alpha value is -2.08. The normalized spacial score (nSPS) is 16.3. The second-order valence-corrected chi connectivity index (χ2v) is 6.91. The summed E-state index contributed by atoms with van der Waals surface area (Å²) in [6.07, 6.45) is 2.09. The van der Waals surface area contributed by atoms with Crippen molar-refractivity contribution in [3.05, 3.63) is 63.6 Å². The Morgan fingerprint density at radius 1 is 1.00 bits per heavy atom. The molecule has 1 fully saturated rings. The molecule has 0 radical (unpaired) electrons. The fourth-order valence-corrected chi connectivity index (χ4v) is 3.24. The molecule has 0 saturated carbocycles. The van der Waals surface area contributed by atoms with Crippen LogP contribution in [0.2, 0.25) is 10.0 Å². The molecule has 1 unspecified atom stereocenters. The quantitative estimate of drug-likeness (QED) is 0.802. The third-order valence-electron chi connectivity index (χ3n) is 4.04. The molecule has 0 bridgehead atoms. The Morgan fingerprint density at radius 2 is 1.62 bits per heavy atom. The summed E-state index contributed by atoms with van der Waals surface area (Å²) < 4.78 is 5.48. The summed E-state index contributed by atoms with van der Waals surface area (Å²) in [5.74, 6) is -0.497. The SMILES string of the molecule is O=C(NCC1CCCO1)c1ccc(C(=O)Nc2cc(Cl)cc(Cl)c2)cc1. The van der Waals surface area contributed by atoms with Gasteiger partial charge in [0, 0.05) is 40.0 Å². The molecule has 7 heteroatoms. The van der Waals surface area contributed by atoms with Gasteiger partial charge >= 0.3 is 0 Å². The van der Waals surface area contributed by atoms with Gasteiger partial charge in [0.2, 0.25) is 0 Å². The number of hydrogen-bond donors (Lipinski definition) is 2. The van der Waals surface area contributed by atoms with Gasteiger partial charge in [0.15, 0.2) is 0 Å². The molecule has 3 rings (SSSR count). The van der Waals surface area contributed by atoms with Crippen LogP contribution in [-0.2, 0) is 4.74 Å². The largest absolute Gasteiger partial charge is 0.376 e. The molecule has 2 aromatic rings. The summed E-state index contributed by atoms with van der Waals surface area (Å²) in [5, 5.41) is 6.45. The van der Waals surface area contributed by atoms with Gasteiger partial charge in [0.05, 0.1) is 6.10 Å². The molecule has 1 heterocycles. The van der Waals surface area contributed by atoms with Gasteiger partial charge in [0.25, 0.3) is 11.8 Å². The number of halogens is 2. The predicted molar refractivity (Wildman–Crippen MR) is 102 cm³/mol. The van der Waals surface area contributed by atoms with E-state index in [1.165, 1.54) is 0 Å². The van der Waals surface area contributed by atoms with Crippen molar-refractivity contribution in [2.45, 2.75) is 18.9 Å². The zero-order valence-corrected chi connectivity index (χ0v) is 15.4. The summed E-state index contributed by atoms with van der Waals surface area (Å²) in [6.45, 7) is 1.25. The fourth-order valence-electron chi connectivity index (χ4n) is 2.72. The molecule has 1 atom stereocenters. The van der Waals surface area contributed by atoms with E-state index in [1.54, 1.807) is 42.5 Å². The lowest BCUT2D eigenvalue weighted by molar-refractivity contribution is 0.0857. The number of ether oxygens (including phenoxy) is 1. The van der Waals surface area contributed by atoms with Gasteiger partial charge in [0.1, 0.15) is 0 Å². The van der Waals surface area contributed by atoms with Crippen LogP contribution >= 0.6 is 23.2 Å².